The molecule has 3 N–H and O–H groups in total. The Hall–Kier alpha value is -2.81. The standard InChI is InChI=1S/C15H16N2O4/c1-4-10-6-5-7-11(8-10)16-14(21)17-12(18)9-15(2,3)13(19)20/h1,5-8H,9H2,2-3H3,(H,19,20)(H2,16,17,18,21). The Morgan fingerprint density at radius 2 is 2.00 bits per heavy atom. The van der Waals surface area contributed by atoms with Gasteiger partial charge in [-0.3, -0.25) is 14.9 Å². The Kier molecular flexibility index (Phi) is 5.08. The SMILES string of the molecule is C#Cc1cccc(NC(=O)NC(=O)CC(C)(C)C(=O)O)c1. The zero-order chi connectivity index (χ0) is 16.0. The molecular formula is C15H16N2O4. The number of nitrogens with one attached hydrogen (secondary N) is 2. The number of rotatable bonds is 4. The lowest BCUT2D eigenvalue weighted by Crippen LogP contribution is -2.38. The van der Waals surface area contributed by atoms with E-state index >= 15 is 0 Å². The lowest BCUT2D eigenvalue weighted by molar-refractivity contribution is -0.149. The van der Waals surface area contributed by atoms with E-state index in [2.05, 4.69) is 16.6 Å². The summed E-state index contributed by atoms with van der Waals surface area (Å²) in [6.45, 7) is 2.81. The number of carboxylic acids is 1. The van der Waals surface area contributed by atoms with E-state index < -0.39 is 23.3 Å². The van der Waals surface area contributed by atoms with Crippen LogP contribution < -0.4 is 10.6 Å². The highest BCUT2D eigenvalue weighted by molar-refractivity contribution is 6.02. The van der Waals surface area contributed by atoms with Gasteiger partial charge in [-0.25, -0.2) is 4.79 Å². The predicted molar refractivity (Wildman–Crippen MR) is 77.6 cm³/mol. The van der Waals surface area contributed by atoms with Crippen molar-refractivity contribution in [1.82, 2.24) is 5.32 Å². The lowest BCUT2D eigenvalue weighted by Gasteiger charge is -2.17. The molecule has 0 unspecified atom stereocenters. The molecule has 21 heavy (non-hydrogen) atoms. The van der Waals surface area contributed by atoms with Crippen LogP contribution in [0.5, 0.6) is 0 Å². The molecule has 0 heterocycles. The molecule has 0 saturated heterocycles. The number of benzene rings is 1. The molecule has 0 saturated carbocycles. The first-order valence-electron chi connectivity index (χ1n) is 6.15. The fraction of sp³-hybridized carbons (Fsp3) is 0.267. The minimum Gasteiger partial charge on any atom is -0.481 e. The van der Waals surface area contributed by atoms with Gasteiger partial charge in [-0.1, -0.05) is 12.0 Å². The minimum atomic E-state index is -1.24. The molecule has 0 aliphatic rings. The predicted octanol–water partition coefficient (Wildman–Crippen LogP) is 1.82. The Balaban J connectivity index is 2.60. The summed E-state index contributed by atoms with van der Waals surface area (Å²) in [5.74, 6) is 0.637. The molecule has 1 rings (SSSR count). The van der Waals surface area contributed by atoms with Gasteiger partial charge >= 0.3 is 12.0 Å². The van der Waals surface area contributed by atoms with Gasteiger partial charge < -0.3 is 10.4 Å². The van der Waals surface area contributed by atoms with Crippen molar-refractivity contribution in [2.45, 2.75) is 20.3 Å². The highest BCUT2D eigenvalue weighted by Gasteiger charge is 2.30. The summed E-state index contributed by atoms with van der Waals surface area (Å²) < 4.78 is 0. The third-order valence-corrected chi connectivity index (χ3v) is 2.72. The topological polar surface area (TPSA) is 95.5 Å². The lowest BCUT2D eigenvalue weighted by atomic mass is 9.89. The fourth-order valence-corrected chi connectivity index (χ4v) is 1.50. The number of imide groups is 1. The second kappa shape index (κ2) is 6.57. The van der Waals surface area contributed by atoms with E-state index in [1.54, 1.807) is 24.3 Å². The number of carboxylic acid groups (broad SMARTS) is 1. The monoisotopic (exact) mass is 288 g/mol. The van der Waals surface area contributed by atoms with E-state index in [1.165, 1.54) is 13.8 Å². The zero-order valence-electron chi connectivity index (χ0n) is 11.8. The molecule has 0 spiro atoms. The van der Waals surface area contributed by atoms with E-state index in [9.17, 15) is 14.4 Å². The highest BCUT2D eigenvalue weighted by Crippen LogP contribution is 2.20. The molecule has 0 fully saturated rings. The van der Waals surface area contributed by atoms with Gasteiger partial charge in [-0.15, -0.1) is 6.42 Å². The van der Waals surface area contributed by atoms with Gasteiger partial charge in [0.2, 0.25) is 5.91 Å². The van der Waals surface area contributed by atoms with Crippen LogP contribution in [0.2, 0.25) is 0 Å². The first kappa shape index (κ1) is 16.2. The van der Waals surface area contributed by atoms with Crippen molar-refractivity contribution in [2.75, 3.05) is 5.32 Å². The summed E-state index contributed by atoms with van der Waals surface area (Å²) in [5, 5.41) is 13.4. The number of anilines is 1. The van der Waals surface area contributed by atoms with Crippen LogP contribution in [-0.2, 0) is 9.59 Å². The van der Waals surface area contributed by atoms with Crippen LogP contribution in [0, 0.1) is 17.8 Å². The summed E-state index contributed by atoms with van der Waals surface area (Å²) >= 11 is 0. The number of hydrogen-bond acceptors (Lipinski definition) is 3. The average molecular weight is 288 g/mol. The van der Waals surface area contributed by atoms with E-state index in [1.807, 2.05) is 0 Å². The van der Waals surface area contributed by atoms with Crippen LogP contribution >= 0.6 is 0 Å². The van der Waals surface area contributed by atoms with Crippen molar-refractivity contribution >= 4 is 23.6 Å². The molecule has 0 aliphatic heterocycles. The van der Waals surface area contributed by atoms with Gasteiger partial charge in [0.15, 0.2) is 0 Å². The Bertz CT molecular complexity index is 614. The first-order chi connectivity index (χ1) is 9.74. The second-order valence-corrected chi connectivity index (χ2v) is 5.09. The number of carbonyl (C=O) groups is 3. The van der Waals surface area contributed by atoms with Gasteiger partial charge in [0.05, 0.1) is 5.41 Å². The second-order valence-electron chi connectivity index (χ2n) is 5.09. The molecular weight excluding hydrogens is 272 g/mol. The van der Waals surface area contributed by atoms with Gasteiger partial charge in [0.1, 0.15) is 0 Å². The molecule has 1 aromatic rings. The minimum absolute atomic E-state index is 0.305. The number of aliphatic carboxylic acids is 1. The summed E-state index contributed by atoms with van der Waals surface area (Å²) in [5.41, 5.74) is -0.215. The number of carbonyl (C=O) groups excluding carboxylic acids is 2. The van der Waals surface area contributed by atoms with Crippen LogP contribution in [-0.4, -0.2) is 23.0 Å². The molecule has 6 heteroatoms. The zero-order valence-corrected chi connectivity index (χ0v) is 11.8. The summed E-state index contributed by atoms with van der Waals surface area (Å²) in [7, 11) is 0. The van der Waals surface area contributed by atoms with E-state index in [4.69, 9.17) is 11.5 Å². The maximum absolute atomic E-state index is 11.6. The quantitative estimate of drug-likeness (QED) is 0.736. The normalized spacial score (nSPS) is 10.3. The maximum atomic E-state index is 11.6. The molecule has 110 valence electrons. The third-order valence-electron chi connectivity index (χ3n) is 2.72. The van der Waals surface area contributed by atoms with Crippen molar-refractivity contribution in [3.05, 3.63) is 29.8 Å². The highest BCUT2D eigenvalue weighted by atomic mass is 16.4. The number of urea groups is 1. The van der Waals surface area contributed by atoms with Crippen molar-refractivity contribution < 1.29 is 19.5 Å². The fourth-order valence-electron chi connectivity index (χ4n) is 1.50. The molecule has 0 radical (unpaired) electrons. The Morgan fingerprint density at radius 3 is 2.57 bits per heavy atom. The number of terminal acetylenes is 1. The Morgan fingerprint density at radius 1 is 1.33 bits per heavy atom. The first-order valence-corrected chi connectivity index (χ1v) is 6.15. The number of hydrogen-bond donors (Lipinski definition) is 3. The molecule has 6 nitrogen and oxygen atoms in total. The molecule has 0 aromatic heterocycles. The smallest absolute Gasteiger partial charge is 0.325 e. The maximum Gasteiger partial charge on any atom is 0.325 e. The van der Waals surface area contributed by atoms with E-state index in [0.29, 0.717) is 11.3 Å². The van der Waals surface area contributed by atoms with Gasteiger partial charge in [0, 0.05) is 17.7 Å². The summed E-state index contributed by atoms with van der Waals surface area (Å²) in [6, 6.07) is 5.82. The van der Waals surface area contributed by atoms with Gasteiger partial charge in [-0.05, 0) is 32.0 Å². The van der Waals surface area contributed by atoms with Gasteiger partial charge in [-0.2, -0.15) is 0 Å². The van der Waals surface area contributed by atoms with E-state index in [-0.39, 0.29) is 6.42 Å². The van der Waals surface area contributed by atoms with Crippen LogP contribution in [0.4, 0.5) is 10.5 Å². The molecule has 0 atom stereocenters. The largest absolute Gasteiger partial charge is 0.481 e. The average Bonchev–Trinajstić information content (AvgIpc) is 2.37. The van der Waals surface area contributed by atoms with Crippen LogP contribution in [0.1, 0.15) is 25.8 Å². The van der Waals surface area contributed by atoms with Crippen molar-refractivity contribution in [1.29, 1.82) is 0 Å². The van der Waals surface area contributed by atoms with Crippen molar-refractivity contribution in [3.63, 3.8) is 0 Å². The van der Waals surface area contributed by atoms with Crippen molar-refractivity contribution in [2.24, 2.45) is 5.41 Å². The van der Waals surface area contributed by atoms with Crippen LogP contribution in [0.15, 0.2) is 24.3 Å². The van der Waals surface area contributed by atoms with Crippen LogP contribution in [0.25, 0.3) is 0 Å². The summed E-state index contributed by atoms with van der Waals surface area (Å²) in [6.07, 6.45) is 4.93. The summed E-state index contributed by atoms with van der Waals surface area (Å²) in [4.78, 5) is 34.2. The molecule has 0 aliphatic carbocycles. The Labute approximate surface area is 122 Å². The molecule has 0 bridgehead atoms. The molecule has 1 aromatic carbocycles. The molecule has 3 amide bonds. The number of amides is 3. The van der Waals surface area contributed by atoms with E-state index in [0.717, 1.165) is 0 Å². The van der Waals surface area contributed by atoms with Crippen molar-refractivity contribution in [3.8, 4) is 12.3 Å². The van der Waals surface area contributed by atoms with Crippen LogP contribution in [0.3, 0.4) is 0 Å². The van der Waals surface area contributed by atoms with Gasteiger partial charge in [0.25, 0.3) is 0 Å². The third kappa shape index (κ3) is 4.99.